The van der Waals surface area contributed by atoms with Gasteiger partial charge >= 0.3 is 5.97 Å². The Balaban J connectivity index is 1.94. The number of carbonyl (C=O) groups is 2. The van der Waals surface area contributed by atoms with Crippen LogP contribution in [-0.2, 0) is 16.0 Å². The van der Waals surface area contributed by atoms with E-state index >= 15 is 0 Å². The molecule has 1 unspecified atom stereocenters. The van der Waals surface area contributed by atoms with Crippen molar-refractivity contribution >= 4 is 17.6 Å². The Morgan fingerprint density at radius 3 is 2.68 bits per heavy atom. The molecule has 5 nitrogen and oxygen atoms in total. The molecule has 1 aromatic rings. The fourth-order valence-corrected chi connectivity index (χ4v) is 2.72. The second-order valence-corrected chi connectivity index (χ2v) is 5.38. The molecule has 1 atom stereocenters. The van der Waals surface area contributed by atoms with Gasteiger partial charge < -0.3 is 15.1 Å². The predicted molar refractivity (Wildman–Crippen MR) is 67.8 cm³/mol. The number of aliphatic hydroxyl groups excluding tert-OH is 1. The molecule has 1 fully saturated rings. The van der Waals surface area contributed by atoms with Gasteiger partial charge in [0.15, 0.2) is 0 Å². The first kappa shape index (κ1) is 12.2. The Morgan fingerprint density at radius 2 is 2.11 bits per heavy atom. The van der Waals surface area contributed by atoms with Gasteiger partial charge in [0, 0.05) is 12.7 Å². The van der Waals surface area contributed by atoms with Crippen LogP contribution in [0.2, 0.25) is 0 Å². The lowest BCUT2D eigenvalue weighted by atomic mass is 9.91. The normalized spacial score (nSPS) is 21.2. The van der Waals surface area contributed by atoms with E-state index in [-0.39, 0.29) is 5.91 Å². The number of fused-ring (bicyclic) bond motifs is 1. The van der Waals surface area contributed by atoms with Crippen LogP contribution in [0.5, 0.6) is 0 Å². The maximum atomic E-state index is 11.6. The smallest absolute Gasteiger partial charge is 0.312 e. The number of nitrogens with zero attached hydrogens (tertiary/aromatic N) is 1. The lowest BCUT2D eigenvalue weighted by Crippen LogP contribution is -2.23. The Labute approximate surface area is 110 Å². The van der Waals surface area contributed by atoms with Crippen molar-refractivity contribution in [2.45, 2.75) is 25.4 Å². The van der Waals surface area contributed by atoms with E-state index in [4.69, 9.17) is 0 Å². The molecule has 0 radical (unpaired) electrons. The van der Waals surface area contributed by atoms with Gasteiger partial charge in [-0.25, -0.2) is 0 Å². The Morgan fingerprint density at radius 1 is 1.42 bits per heavy atom. The van der Waals surface area contributed by atoms with Crippen LogP contribution in [0.15, 0.2) is 18.2 Å². The van der Waals surface area contributed by atoms with Crippen LogP contribution in [0.1, 0.15) is 30.1 Å². The first-order chi connectivity index (χ1) is 8.95. The molecule has 0 aromatic heterocycles. The van der Waals surface area contributed by atoms with E-state index in [1.807, 2.05) is 0 Å². The molecule has 1 aliphatic carbocycles. The third kappa shape index (κ3) is 1.65. The molecule has 1 heterocycles. The van der Waals surface area contributed by atoms with Crippen LogP contribution >= 0.6 is 0 Å². The van der Waals surface area contributed by atoms with E-state index in [1.165, 1.54) is 0 Å². The average molecular weight is 261 g/mol. The molecule has 3 rings (SSSR count). The highest BCUT2D eigenvalue weighted by molar-refractivity contribution is 6.01. The van der Waals surface area contributed by atoms with Gasteiger partial charge in [-0.15, -0.1) is 0 Å². The molecule has 1 aromatic carbocycles. The number of rotatable bonds is 3. The van der Waals surface area contributed by atoms with E-state index < -0.39 is 17.5 Å². The minimum absolute atomic E-state index is 0.0148. The maximum Gasteiger partial charge on any atom is 0.312 e. The van der Waals surface area contributed by atoms with Gasteiger partial charge in [-0.1, -0.05) is 12.1 Å². The minimum Gasteiger partial charge on any atom is -0.481 e. The zero-order valence-corrected chi connectivity index (χ0v) is 10.6. The van der Waals surface area contributed by atoms with Crippen LogP contribution in [0, 0.1) is 5.41 Å². The predicted octanol–water partition coefficient (Wildman–Crippen LogP) is 1.10. The number of hydrogen-bond donors (Lipinski definition) is 2. The summed E-state index contributed by atoms with van der Waals surface area (Å²) in [5.74, 6) is -0.935. The van der Waals surface area contributed by atoms with Gasteiger partial charge in [0.05, 0.1) is 17.9 Å². The second-order valence-electron chi connectivity index (χ2n) is 5.38. The van der Waals surface area contributed by atoms with E-state index in [0.717, 1.165) is 11.3 Å². The first-order valence-corrected chi connectivity index (χ1v) is 6.26. The Hall–Kier alpha value is -1.88. The summed E-state index contributed by atoms with van der Waals surface area (Å²) in [5, 5.41) is 19.5. The summed E-state index contributed by atoms with van der Waals surface area (Å²) in [6.07, 6.45) is 0.307. The third-order valence-electron chi connectivity index (χ3n) is 4.23. The molecule has 100 valence electrons. The standard InChI is InChI=1S/C14H15NO4/c1-15-10-3-2-8(6-9(10)7-11(15)16)12(17)14(4-5-14)13(18)19/h2-3,6,12,17H,4-5,7H2,1H3,(H,18,19). The molecule has 2 N–H and O–H groups in total. The minimum atomic E-state index is -1.03. The van der Waals surface area contributed by atoms with Gasteiger partial charge in [-0.3, -0.25) is 9.59 Å². The van der Waals surface area contributed by atoms with Crippen molar-refractivity contribution in [3.8, 4) is 0 Å². The summed E-state index contributed by atoms with van der Waals surface area (Å²) < 4.78 is 0. The molecule has 1 saturated carbocycles. The largest absolute Gasteiger partial charge is 0.481 e. The van der Waals surface area contributed by atoms with Crippen molar-refractivity contribution in [1.82, 2.24) is 0 Å². The highest BCUT2D eigenvalue weighted by Gasteiger charge is 2.56. The number of hydrogen-bond acceptors (Lipinski definition) is 3. The first-order valence-electron chi connectivity index (χ1n) is 6.26. The Bertz CT molecular complexity index is 577. The Kier molecular flexibility index (Phi) is 2.44. The van der Waals surface area contributed by atoms with E-state index in [2.05, 4.69) is 0 Å². The molecule has 1 amide bonds. The molecular formula is C14H15NO4. The van der Waals surface area contributed by atoms with Crippen molar-refractivity contribution in [2.75, 3.05) is 11.9 Å². The van der Waals surface area contributed by atoms with E-state index in [1.54, 1.807) is 30.1 Å². The molecular weight excluding hydrogens is 246 g/mol. The molecule has 0 saturated heterocycles. The summed E-state index contributed by atoms with van der Waals surface area (Å²) in [5.41, 5.74) is 1.25. The van der Waals surface area contributed by atoms with Crippen molar-refractivity contribution in [3.05, 3.63) is 29.3 Å². The topological polar surface area (TPSA) is 77.8 Å². The van der Waals surface area contributed by atoms with Crippen molar-refractivity contribution < 1.29 is 19.8 Å². The van der Waals surface area contributed by atoms with Gasteiger partial charge in [0.2, 0.25) is 5.91 Å². The summed E-state index contributed by atoms with van der Waals surface area (Å²) in [4.78, 5) is 24.4. The number of likely N-dealkylation sites (N-methyl/N-ethyl adjacent to an activating group) is 1. The molecule has 2 aliphatic rings. The highest BCUT2D eigenvalue weighted by Crippen LogP contribution is 2.55. The van der Waals surface area contributed by atoms with E-state index in [0.29, 0.717) is 24.8 Å². The van der Waals surface area contributed by atoms with Crippen LogP contribution in [0.3, 0.4) is 0 Å². The number of anilines is 1. The van der Waals surface area contributed by atoms with Crippen LogP contribution in [0.4, 0.5) is 5.69 Å². The van der Waals surface area contributed by atoms with Crippen molar-refractivity contribution in [1.29, 1.82) is 0 Å². The molecule has 0 spiro atoms. The summed E-state index contributed by atoms with van der Waals surface area (Å²) in [6, 6.07) is 5.24. The highest BCUT2D eigenvalue weighted by atomic mass is 16.4. The molecule has 5 heteroatoms. The van der Waals surface area contributed by atoms with Crippen LogP contribution in [-0.4, -0.2) is 29.1 Å². The van der Waals surface area contributed by atoms with Gasteiger partial charge in [-0.05, 0) is 30.0 Å². The SMILES string of the molecule is CN1C(=O)Cc2cc(C(O)C3(C(=O)O)CC3)ccc21. The number of amides is 1. The number of aliphatic hydroxyl groups is 1. The number of benzene rings is 1. The monoisotopic (exact) mass is 261 g/mol. The van der Waals surface area contributed by atoms with E-state index in [9.17, 15) is 19.8 Å². The molecule has 1 aliphatic heterocycles. The van der Waals surface area contributed by atoms with Gasteiger partial charge in [0.25, 0.3) is 0 Å². The zero-order chi connectivity index (χ0) is 13.8. The van der Waals surface area contributed by atoms with Crippen molar-refractivity contribution in [3.63, 3.8) is 0 Å². The fraction of sp³-hybridized carbons (Fsp3) is 0.429. The summed E-state index contributed by atoms with van der Waals surface area (Å²) in [6.45, 7) is 0. The van der Waals surface area contributed by atoms with Crippen LogP contribution < -0.4 is 4.90 Å². The van der Waals surface area contributed by atoms with Gasteiger partial charge in [-0.2, -0.15) is 0 Å². The summed E-state index contributed by atoms with van der Waals surface area (Å²) >= 11 is 0. The maximum absolute atomic E-state index is 11.6. The van der Waals surface area contributed by atoms with Crippen LogP contribution in [0.25, 0.3) is 0 Å². The number of aliphatic carboxylic acids is 1. The lowest BCUT2D eigenvalue weighted by Gasteiger charge is -2.19. The zero-order valence-electron chi connectivity index (χ0n) is 10.6. The molecule has 19 heavy (non-hydrogen) atoms. The quantitative estimate of drug-likeness (QED) is 0.854. The van der Waals surface area contributed by atoms with Gasteiger partial charge in [0.1, 0.15) is 0 Å². The molecule has 0 bridgehead atoms. The second kappa shape index (κ2) is 3.81. The average Bonchev–Trinajstić information content (AvgIpc) is 3.13. The number of carboxylic acids is 1. The fourth-order valence-electron chi connectivity index (χ4n) is 2.72. The summed E-state index contributed by atoms with van der Waals surface area (Å²) in [7, 11) is 1.71. The van der Waals surface area contributed by atoms with Crippen molar-refractivity contribution in [2.24, 2.45) is 5.41 Å². The number of carbonyl (C=O) groups excluding carboxylic acids is 1. The third-order valence-corrected chi connectivity index (χ3v) is 4.23. The number of carboxylic acid groups (broad SMARTS) is 1. The lowest BCUT2D eigenvalue weighted by molar-refractivity contribution is -0.148.